The van der Waals surface area contributed by atoms with Crippen LogP contribution in [0.15, 0.2) is 176 Å². The molecular weight excluding hydrogens is 913 g/mol. The van der Waals surface area contributed by atoms with E-state index in [9.17, 15) is 19.2 Å². The van der Waals surface area contributed by atoms with E-state index in [2.05, 4.69) is 135 Å². The van der Waals surface area contributed by atoms with Gasteiger partial charge in [0.15, 0.2) is 0 Å². The molecule has 2 aromatic heterocycles. The van der Waals surface area contributed by atoms with Crippen LogP contribution < -0.4 is 36.8 Å². The van der Waals surface area contributed by atoms with Crippen LogP contribution in [-0.2, 0) is 17.3 Å². The van der Waals surface area contributed by atoms with Gasteiger partial charge in [0.25, 0.3) is 28.8 Å². The van der Waals surface area contributed by atoms with Crippen LogP contribution >= 0.6 is 0 Å². The summed E-state index contributed by atoms with van der Waals surface area (Å²) < 4.78 is 12.6. The van der Waals surface area contributed by atoms with Crippen LogP contribution in [-0.4, -0.2) is 65.6 Å². The number of ketones is 1. The zero-order valence-electron chi connectivity index (χ0n) is 42.3. The summed E-state index contributed by atoms with van der Waals surface area (Å²) in [6, 6.07) is 36.7. The summed E-state index contributed by atoms with van der Waals surface area (Å²) in [5, 5.41) is 11.0. The first kappa shape index (κ1) is 51.1. The van der Waals surface area contributed by atoms with Crippen LogP contribution in [0.25, 0.3) is 32.7 Å². The number of nitrogens with zero attached hydrogens (tertiary/aromatic N) is 2. The fraction of sp³-hybridized carbons (Fsp3) is 0.262. The summed E-state index contributed by atoms with van der Waals surface area (Å²) in [6.07, 6.45) is 21.4. The van der Waals surface area contributed by atoms with Gasteiger partial charge in [-0.25, -0.2) is 0 Å². The van der Waals surface area contributed by atoms with Gasteiger partial charge < -0.3 is 14.5 Å². The smallest absolute Gasteiger partial charge is 0.343 e. The largest absolute Gasteiger partial charge is 0.492 e. The molecule has 4 N–H and O–H groups in total. The summed E-state index contributed by atoms with van der Waals surface area (Å²) in [6.45, 7) is 11.9. The second-order valence-electron chi connectivity index (χ2n) is 18.1. The molecule has 1 aliphatic rings. The number of rotatable bonds is 22. The van der Waals surface area contributed by atoms with Crippen LogP contribution in [0.3, 0.4) is 0 Å². The molecule has 0 bridgehead atoms. The fourth-order valence-electron chi connectivity index (χ4n) is 9.10. The van der Waals surface area contributed by atoms with Crippen molar-refractivity contribution >= 4 is 49.8 Å². The van der Waals surface area contributed by atoms with Crippen molar-refractivity contribution in [3.05, 3.63) is 227 Å². The van der Waals surface area contributed by atoms with Crippen molar-refractivity contribution in [3.63, 3.8) is 0 Å². The Balaban J connectivity index is 1.02. The topological polar surface area (TPSA) is 158 Å². The normalized spacial score (nSPS) is 12.6. The van der Waals surface area contributed by atoms with Gasteiger partial charge in [-0.15, -0.1) is 0 Å². The average molecular weight is 978 g/mol. The van der Waals surface area contributed by atoms with E-state index < -0.39 is 0 Å². The van der Waals surface area contributed by atoms with Crippen molar-refractivity contribution in [1.82, 2.24) is 20.4 Å². The van der Waals surface area contributed by atoms with Gasteiger partial charge in [-0.05, 0) is 145 Å². The molecule has 0 unspecified atom stereocenters. The van der Waals surface area contributed by atoms with Gasteiger partial charge in [0.1, 0.15) is 18.9 Å². The number of ether oxygens (including phenoxy) is 1. The van der Waals surface area contributed by atoms with Crippen LogP contribution in [0.2, 0.25) is 0 Å². The van der Waals surface area contributed by atoms with E-state index in [0.29, 0.717) is 60.9 Å². The number of allylic oxidation sites excluding steroid dienone is 9. The molecule has 0 amide bonds. The summed E-state index contributed by atoms with van der Waals surface area (Å²) in [5.41, 5.74) is 9.50. The minimum Gasteiger partial charge on any atom is -0.492 e. The highest BCUT2D eigenvalue weighted by Gasteiger charge is 2.16. The number of carbonyl (C=O) groups excluding carboxylic acids is 1. The molecule has 8 rings (SSSR count). The Labute approximate surface area is 425 Å². The van der Waals surface area contributed by atoms with Gasteiger partial charge >= 0.3 is 5.78 Å². The van der Waals surface area contributed by atoms with Crippen molar-refractivity contribution in [3.8, 4) is 5.75 Å². The highest BCUT2D eigenvalue weighted by Crippen LogP contribution is 2.29. The zero-order valence-corrected chi connectivity index (χ0v) is 42.3. The molecule has 2 heterocycles. The van der Waals surface area contributed by atoms with Crippen molar-refractivity contribution in [1.29, 1.82) is 0 Å². The third-order valence-electron chi connectivity index (χ3n) is 13.3. The van der Waals surface area contributed by atoms with E-state index >= 15 is 0 Å². The second-order valence-corrected chi connectivity index (χ2v) is 18.1. The molecule has 0 saturated heterocycles. The predicted molar refractivity (Wildman–Crippen MR) is 299 cm³/mol. The summed E-state index contributed by atoms with van der Waals surface area (Å²) in [5.74, 6) is 1.50. The molecule has 1 aliphatic carbocycles. The van der Waals surface area contributed by atoms with Gasteiger partial charge in [0.2, 0.25) is 0 Å². The highest BCUT2D eigenvalue weighted by atomic mass is 16.5. The molecule has 5 aromatic carbocycles. The van der Waals surface area contributed by atoms with Crippen molar-refractivity contribution < 1.29 is 9.16 Å². The number of unbranched alkanes of at least 4 members (excludes halogenated alkanes) is 2. The summed E-state index contributed by atoms with van der Waals surface area (Å²) in [4.78, 5) is 53.7. The van der Waals surface area contributed by atoms with E-state index in [1.165, 1.54) is 11.1 Å². The number of aromatic amines is 4. The van der Waals surface area contributed by atoms with Gasteiger partial charge in [-0.3, -0.25) is 44.0 Å². The highest BCUT2D eigenvalue weighted by molar-refractivity contribution is 6.03. The number of likely N-dealkylation sites (N-methyl/N-ethyl adjacent to an activating group) is 2. The van der Waals surface area contributed by atoms with E-state index in [4.69, 9.17) is 9.16 Å². The Bertz CT molecular complexity index is 3440. The molecule has 73 heavy (non-hydrogen) atoms. The lowest BCUT2D eigenvalue weighted by Gasteiger charge is -2.23. The maximum atomic E-state index is 12.5. The van der Waals surface area contributed by atoms with E-state index in [1.54, 1.807) is 24.3 Å². The Morgan fingerprint density at radius 1 is 0.548 bits per heavy atom. The molecule has 374 valence electrons. The van der Waals surface area contributed by atoms with Crippen LogP contribution in [0.5, 0.6) is 5.75 Å². The number of hydrogen-bond acceptors (Lipinski definition) is 7. The number of fused-ring (bicyclic) bond motifs is 2. The maximum Gasteiger partial charge on any atom is 0.343 e. The van der Waals surface area contributed by atoms with Gasteiger partial charge in [-0.2, -0.15) is 0 Å². The maximum absolute atomic E-state index is 12.5. The number of aryl methyl sites for hydroxylation is 2. The molecule has 0 radical (unpaired) electrons. The molecule has 7 aromatic rings. The lowest BCUT2D eigenvalue weighted by atomic mass is 9.93. The average Bonchev–Trinajstić information content (AvgIpc) is 3.43. The van der Waals surface area contributed by atoms with E-state index in [0.717, 1.165) is 94.8 Å². The SMILES string of the molecule is CCCCc1ccc(C(=CC=CC(=C2C=CC(=[O+]CCN(CC)c3ccc4c(=O)[nH][nH]c(=O)c4c3)C=C2)c2ccc(CCCC)cc2)c2ccc(OCCN(CC)c3ccc4c(=O)[nH][nH]c(=O)c4c3)cc2)cc1. The molecule has 12 heteroatoms. The Hall–Kier alpha value is -8.25. The van der Waals surface area contributed by atoms with E-state index in [-0.39, 0.29) is 22.2 Å². The molecule has 0 aliphatic heterocycles. The predicted octanol–water partition coefficient (Wildman–Crippen LogP) is 10.5. The second kappa shape index (κ2) is 24.7. The Morgan fingerprint density at radius 3 is 1.53 bits per heavy atom. The minimum atomic E-state index is -0.335. The number of hydrogen-bond donors (Lipinski definition) is 4. The number of nitrogens with one attached hydrogen (secondary N) is 4. The fourth-order valence-corrected chi connectivity index (χ4v) is 9.10. The Kier molecular flexibility index (Phi) is 17.3. The Morgan fingerprint density at radius 2 is 1.03 bits per heavy atom. The first-order valence-electron chi connectivity index (χ1n) is 25.6. The lowest BCUT2D eigenvalue weighted by Crippen LogP contribution is -2.28. The first-order chi connectivity index (χ1) is 35.7. The number of H-pyrrole nitrogens is 4. The summed E-state index contributed by atoms with van der Waals surface area (Å²) >= 11 is 0. The van der Waals surface area contributed by atoms with Crippen LogP contribution in [0, 0.1) is 0 Å². The van der Waals surface area contributed by atoms with Crippen LogP contribution in [0.4, 0.5) is 11.4 Å². The molecule has 12 nitrogen and oxygen atoms in total. The van der Waals surface area contributed by atoms with Crippen LogP contribution in [0.1, 0.15) is 81.2 Å². The van der Waals surface area contributed by atoms with Crippen molar-refractivity contribution in [2.24, 2.45) is 0 Å². The molecular formula is C61H65N6O6+. The molecule has 0 fully saturated rings. The van der Waals surface area contributed by atoms with Crippen molar-refractivity contribution in [2.45, 2.75) is 66.2 Å². The first-order valence-corrected chi connectivity index (χ1v) is 25.6. The van der Waals surface area contributed by atoms with E-state index in [1.807, 2.05) is 50.3 Å². The zero-order chi connectivity index (χ0) is 51.1. The molecule has 0 atom stereocenters. The quantitative estimate of drug-likeness (QED) is 0.0389. The monoisotopic (exact) mass is 977 g/mol. The molecule has 0 saturated carbocycles. The van der Waals surface area contributed by atoms with Crippen molar-refractivity contribution in [2.75, 3.05) is 49.2 Å². The number of benzene rings is 5. The van der Waals surface area contributed by atoms with Gasteiger partial charge in [0.05, 0.1) is 28.1 Å². The number of aromatic nitrogens is 4. The lowest BCUT2D eigenvalue weighted by molar-refractivity contribution is -0.452. The standard InChI is InChI=1S/C61H64N6O6/c1-5-9-12-42-16-20-44(21-17-42)52(46-24-30-50(31-25-46)72-38-36-66(7-3)48-28-34-54-56(40-48)60(70)64-62-58(54)68)14-11-15-53(45-22-18-43(19-23-45)13-10-6-2)47-26-32-51(33-27-47)73-39-37-67(8-4)49-29-35-55-57(41-49)61(71)65-63-59(55)69/h11,14-35,40-41H,5-10,12-13,36-39H2,1-4H3,(H3-,62,63,64,65,68,69,70,71)/p+1. The minimum absolute atomic E-state index is 0.329. The van der Waals surface area contributed by atoms with Gasteiger partial charge in [-0.1, -0.05) is 106 Å². The summed E-state index contributed by atoms with van der Waals surface area (Å²) in [7, 11) is 0. The third kappa shape index (κ3) is 12.8. The van der Waals surface area contributed by atoms with Gasteiger partial charge in [0, 0.05) is 36.6 Å². The third-order valence-corrected chi connectivity index (χ3v) is 13.3. The molecule has 0 spiro atoms. The number of anilines is 2.